The lowest BCUT2D eigenvalue weighted by molar-refractivity contribution is -0.121. The smallest absolute Gasteiger partial charge is 0.324 e. The maximum Gasteiger partial charge on any atom is 0.324 e. The topological polar surface area (TPSA) is 88.5 Å². The number of rotatable bonds is 5. The number of urea groups is 1. The molecule has 8 heteroatoms. The maximum atomic E-state index is 12.4. The van der Waals surface area contributed by atoms with Gasteiger partial charge in [-0.3, -0.25) is 9.69 Å². The molecule has 1 aromatic heterocycles. The van der Waals surface area contributed by atoms with E-state index in [2.05, 4.69) is 15.6 Å². The molecule has 3 heterocycles. The monoisotopic (exact) mass is 357 g/mol. The number of nitrogens with one attached hydrogen (secondary N) is 2. The molecule has 1 saturated heterocycles. The summed E-state index contributed by atoms with van der Waals surface area (Å²) in [5.41, 5.74) is 1.92. The molecule has 138 valence electrons. The Hall–Kier alpha value is -2.61. The van der Waals surface area contributed by atoms with E-state index in [-0.39, 0.29) is 24.5 Å². The van der Waals surface area contributed by atoms with Crippen molar-refractivity contribution in [3.8, 4) is 0 Å². The van der Waals surface area contributed by atoms with E-state index in [0.29, 0.717) is 25.6 Å². The van der Waals surface area contributed by atoms with Crippen LogP contribution in [-0.2, 0) is 16.1 Å². The molecule has 0 saturated carbocycles. The number of aromatic nitrogens is 2. The number of nitrogens with zero attached hydrogens (tertiary/aromatic N) is 3. The Labute approximate surface area is 151 Å². The predicted octanol–water partition coefficient (Wildman–Crippen LogP) is 1.25. The molecular formula is C18H23N5O3. The van der Waals surface area contributed by atoms with Gasteiger partial charge in [0.2, 0.25) is 11.9 Å². The minimum Gasteiger partial charge on any atom is -0.376 e. The van der Waals surface area contributed by atoms with Crippen molar-refractivity contribution in [3.05, 3.63) is 24.3 Å². The molecule has 3 amide bonds. The van der Waals surface area contributed by atoms with Gasteiger partial charge in [0, 0.05) is 39.2 Å². The third-order valence-electron chi connectivity index (χ3n) is 4.85. The van der Waals surface area contributed by atoms with Crippen molar-refractivity contribution in [2.24, 2.45) is 0 Å². The molecule has 1 unspecified atom stereocenters. The van der Waals surface area contributed by atoms with Crippen molar-refractivity contribution >= 4 is 28.9 Å². The third kappa shape index (κ3) is 3.37. The maximum absolute atomic E-state index is 12.4. The summed E-state index contributed by atoms with van der Waals surface area (Å²) in [7, 11) is 0. The first-order valence-electron chi connectivity index (χ1n) is 9.11. The van der Waals surface area contributed by atoms with Gasteiger partial charge < -0.3 is 19.9 Å². The van der Waals surface area contributed by atoms with Gasteiger partial charge in [-0.05, 0) is 25.0 Å². The fourth-order valence-electron chi connectivity index (χ4n) is 3.48. The van der Waals surface area contributed by atoms with E-state index in [9.17, 15) is 9.59 Å². The second kappa shape index (κ2) is 7.33. The first kappa shape index (κ1) is 16.8. The van der Waals surface area contributed by atoms with E-state index in [0.717, 1.165) is 37.0 Å². The number of fused-ring (bicyclic) bond motifs is 3. The van der Waals surface area contributed by atoms with Gasteiger partial charge >= 0.3 is 6.03 Å². The summed E-state index contributed by atoms with van der Waals surface area (Å²) >= 11 is 0. The van der Waals surface area contributed by atoms with Crippen LogP contribution in [0.15, 0.2) is 24.3 Å². The van der Waals surface area contributed by atoms with Gasteiger partial charge in [-0.15, -0.1) is 0 Å². The molecule has 0 bridgehead atoms. The van der Waals surface area contributed by atoms with Crippen LogP contribution in [0.1, 0.15) is 19.3 Å². The van der Waals surface area contributed by atoms with E-state index in [4.69, 9.17) is 4.74 Å². The van der Waals surface area contributed by atoms with Gasteiger partial charge in [-0.25, -0.2) is 9.78 Å². The van der Waals surface area contributed by atoms with Gasteiger partial charge in [-0.2, -0.15) is 0 Å². The number of para-hydroxylation sites is 2. The summed E-state index contributed by atoms with van der Waals surface area (Å²) in [6, 6.07) is 7.63. The van der Waals surface area contributed by atoms with Gasteiger partial charge in [0.25, 0.3) is 0 Å². The Morgan fingerprint density at radius 1 is 1.23 bits per heavy atom. The van der Waals surface area contributed by atoms with Crippen LogP contribution < -0.4 is 15.5 Å². The Balaban J connectivity index is 1.26. The van der Waals surface area contributed by atoms with E-state index in [1.54, 1.807) is 4.90 Å². The zero-order chi connectivity index (χ0) is 17.9. The lowest BCUT2D eigenvalue weighted by atomic mass is 10.2. The van der Waals surface area contributed by atoms with Gasteiger partial charge in [0.05, 0.1) is 17.1 Å². The number of hydrogen-bond acceptors (Lipinski definition) is 4. The number of carbonyl (C=O) groups excluding carboxylic acids is 2. The fourth-order valence-corrected chi connectivity index (χ4v) is 3.48. The van der Waals surface area contributed by atoms with Gasteiger partial charge in [0.15, 0.2) is 0 Å². The molecule has 26 heavy (non-hydrogen) atoms. The Bertz CT molecular complexity index is 812. The molecule has 0 radical (unpaired) electrons. The van der Waals surface area contributed by atoms with Crippen molar-refractivity contribution < 1.29 is 14.3 Å². The number of hydrogen-bond donors (Lipinski definition) is 2. The summed E-state index contributed by atoms with van der Waals surface area (Å²) in [6.45, 7) is 2.93. The molecule has 0 aliphatic carbocycles. The highest BCUT2D eigenvalue weighted by molar-refractivity contribution is 5.94. The molecule has 2 N–H and O–H groups in total. The second-order valence-electron chi connectivity index (χ2n) is 6.62. The zero-order valence-electron chi connectivity index (χ0n) is 14.6. The standard InChI is InChI=1S/C18H23N5O3/c24-16(20-12-13-4-3-11-26-13)7-8-19-18(25)23-10-9-22-15-6-2-1-5-14(15)21-17(22)23/h1-2,5-6,13H,3-4,7-12H2,(H,19,25)(H,20,24). The SMILES string of the molecule is O=C(CCNC(=O)N1CCn2c1nc1ccccc12)NCC1CCCO1. The van der Waals surface area contributed by atoms with Crippen LogP contribution in [0.3, 0.4) is 0 Å². The highest BCUT2D eigenvalue weighted by Crippen LogP contribution is 2.26. The van der Waals surface area contributed by atoms with Gasteiger partial charge in [0.1, 0.15) is 0 Å². The number of ether oxygens (including phenoxy) is 1. The first-order valence-corrected chi connectivity index (χ1v) is 9.11. The molecule has 8 nitrogen and oxygen atoms in total. The highest BCUT2D eigenvalue weighted by atomic mass is 16.5. The van der Waals surface area contributed by atoms with Crippen molar-refractivity contribution in [3.63, 3.8) is 0 Å². The number of imidazole rings is 1. The van der Waals surface area contributed by atoms with Gasteiger partial charge in [-0.1, -0.05) is 12.1 Å². The van der Waals surface area contributed by atoms with E-state index in [1.165, 1.54) is 0 Å². The summed E-state index contributed by atoms with van der Waals surface area (Å²) in [4.78, 5) is 30.5. The molecule has 1 aromatic carbocycles. The zero-order valence-corrected chi connectivity index (χ0v) is 14.6. The number of carbonyl (C=O) groups is 2. The minimum atomic E-state index is -0.217. The molecule has 2 aromatic rings. The van der Waals surface area contributed by atoms with Crippen LogP contribution in [-0.4, -0.2) is 53.8 Å². The Kier molecular flexibility index (Phi) is 4.75. The molecule has 2 aliphatic rings. The average Bonchev–Trinajstić information content (AvgIpc) is 3.36. The quantitative estimate of drug-likeness (QED) is 0.843. The van der Waals surface area contributed by atoms with E-state index >= 15 is 0 Å². The average molecular weight is 357 g/mol. The van der Waals surface area contributed by atoms with Crippen molar-refractivity contribution in [1.29, 1.82) is 0 Å². The number of amides is 3. The molecule has 0 spiro atoms. The van der Waals surface area contributed by atoms with E-state index < -0.39 is 0 Å². The highest BCUT2D eigenvalue weighted by Gasteiger charge is 2.28. The molecule has 2 aliphatic heterocycles. The molecule has 1 atom stereocenters. The number of anilines is 1. The summed E-state index contributed by atoms with van der Waals surface area (Å²) in [6.07, 6.45) is 2.43. The Morgan fingerprint density at radius 2 is 2.12 bits per heavy atom. The van der Waals surface area contributed by atoms with Crippen LogP contribution in [0.4, 0.5) is 10.7 Å². The molecule has 4 rings (SSSR count). The van der Waals surface area contributed by atoms with Crippen LogP contribution in [0, 0.1) is 0 Å². The van der Waals surface area contributed by atoms with Crippen molar-refractivity contribution in [1.82, 2.24) is 20.2 Å². The molecule has 1 fully saturated rings. The summed E-state index contributed by atoms with van der Waals surface area (Å²) in [5.74, 6) is 0.584. The third-order valence-corrected chi connectivity index (χ3v) is 4.85. The first-order chi connectivity index (χ1) is 12.7. The van der Waals surface area contributed by atoms with Crippen LogP contribution in [0.25, 0.3) is 11.0 Å². The fraction of sp³-hybridized carbons (Fsp3) is 0.500. The lowest BCUT2D eigenvalue weighted by Gasteiger charge is -2.15. The number of benzene rings is 1. The van der Waals surface area contributed by atoms with Crippen LogP contribution in [0.2, 0.25) is 0 Å². The normalized spacial score (nSPS) is 18.9. The Morgan fingerprint density at radius 3 is 2.96 bits per heavy atom. The minimum absolute atomic E-state index is 0.0746. The molecular weight excluding hydrogens is 334 g/mol. The summed E-state index contributed by atoms with van der Waals surface area (Å²) in [5, 5.41) is 5.67. The largest absolute Gasteiger partial charge is 0.376 e. The predicted molar refractivity (Wildman–Crippen MR) is 97.1 cm³/mol. The van der Waals surface area contributed by atoms with Crippen LogP contribution in [0.5, 0.6) is 0 Å². The lowest BCUT2D eigenvalue weighted by Crippen LogP contribution is -2.41. The van der Waals surface area contributed by atoms with Crippen molar-refractivity contribution in [2.45, 2.75) is 31.9 Å². The van der Waals surface area contributed by atoms with Crippen molar-refractivity contribution in [2.75, 3.05) is 31.1 Å². The second-order valence-corrected chi connectivity index (χ2v) is 6.62. The summed E-state index contributed by atoms with van der Waals surface area (Å²) < 4.78 is 7.52. The van der Waals surface area contributed by atoms with E-state index in [1.807, 2.05) is 28.8 Å². The van der Waals surface area contributed by atoms with Crippen LogP contribution >= 0.6 is 0 Å².